The van der Waals surface area contributed by atoms with Crippen molar-refractivity contribution in [3.05, 3.63) is 29.3 Å². The number of nitrogens with one attached hydrogen (secondary N) is 1. The van der Waals surface area contributed by atoms with Crippen LogP contribution >= 0.6 is 11.6 Å². The molecule has 1 rings (SSSR count). The van der Waals surface area contributed by atoms with Crippen LogP contribution in [0.3, 0.4) is 0 Å². The third kappa shape index (κ3) is 6.27. The zero-order chi connectivity index (χ0) is 13.4. The second kappa shape index (κ2) is 8.39. The summed E-state index contributed by atoms with van der Waals surface area (Å²) in [6.07, 6.45) is 3.68. The van der Waals surface area contributed by atoms with E-state index in [0.29, 0.717) is 12.6 Å². The molecule has 0 heterocycles. The van der Waals surface area contributed by atoms with Gasteiger partial charge in [-0.15, -0.1) is 0 Å². The van der Waals surface area contributed by atoms with Crippen LogP contribution in [0.4, 0.5) is 0 Å². The van der Waals surface area contributed by atoms with E-state index < -0.39 is 0 Å². The van der Waals surface area contributed by atoms with Gasteiger partial charge in [-0.1, -0.05) is 38.3 Å². The fraction of sp³-hybridized carbons (Fsp3) is 0.600. The van der Waals surface area contributed by atoms with Crippen LogP contribution < -0.4 is 10.1 Å². The number of benzene rings is 1. The monoisotopic (exact) mass is 269 g/mol. The highest BCUT2D eigenvalue weighted by Gasteiger charge is 2.07. The van der Waals surface area contributed by atoms with Gasteiger partial charge in [-0.05, 0) is 43.7 Å². The lowest BCUT2D eigenvalue weighted by atomic mass is 10.0. The average Bonchev–Trinajstić information content (AvgIpc) is 2.35. The Hall–Kier alpha value is -0.730. The third-order valence-corrected chi connectivity index (χ3v) is 3.26. The molecule has 1 aromatic rings. The summed E-state index contributed by atoms with van der Waals surface area (Å²) >= 11 is 5.83. The minimum Gasteiger partial charge on any atom is -0.492 e. The fourth-order valence-corrected chi connectivity index (χ4v) is 1.94. The van der Waals surface area contributed by atoms with E-state index in [1.54, 1.807) is 0 Å². The lowest BCUT2D eigenvalue weighted by Gasteiger charge is -2.17. The molecule has 1 N–H and O–H groups in total. The van der Waals surface area contributed by atoms with Crippen molar-refractivity contribution in [3.8, 4) is 5.75 Å². The maximum absolute atomic E-state index is 5.83. The second-order valence-corrected chi connectivity index (χ2v) is 5.51. The van der Waals surface area contributed by atoms with Crippen LogP contribution in [0.25, 0.3) is 0 Å². The van der Waals surface area contributed by atoms with E-state index in [1.807, 2.05) is 31.3 Å². The molecule has 0 saturated carbocycles. The highest BCUT2D eigenvalue weighted by Crippen LogP contribution is 2.16. The molecule has 0 aromatic heterocycles. The number of rotatable bonds is 8. The van der Waals surface area contributed by atoms with Crippen molar-refractivity contribution in [1.29, 1.82) is 0 Å². The summed E-state index contributed by atoms with van der Waals surface area (Å²) in [5.41, 5.74) is 0. The van der Waals surface area contributed by atoms with Crippen LogP contribution in [0, 0.1) is 5.92 Å². The smallest absolute Gasteiger partial charge is 0.119 e. The molecule has 0 radical (unpaired) electrons. The molecule has 0 aliphatic rings. The molecule has 0 bridgehead atoms. The minimum absolute atomic E-state index is 0.416. The Morgan fingerprint density at radius 2 is 1.83 bits per heavy atom. The van der Waals surface area contributed by atoms with Gasteiger partial charge < -0.3 is 10.1 Å². The molecule has 0 aliphatic heterocycles. The Kier molecular flexibility index (Phi) is 7.14. The Bertz CT molecular complexity index is 324. The maximum Gasteiger partial charge on any atom is 0.119 e. The number of halogens is 1. The van der Waals surface area contributed by atoms with Gasteiger partial charge in [-0.25, -0.2) is 0 Å². The SMILES string of the molecule is CNC(CCCC(C)C)COc1ccc(Cl)cc1. The van der Waals surface area contributed by atoms with E-state index >= 15 is 0 Å². The van der Waals surface area contributed by atoms with Crippen LogP contribution in [0.1, 0.15) is 33.1 Å². The molecule has 0 saturated heterocycles. The van der Waals surface area contributed by atoms with E-state index in [1.165, 1.54) is 12.8 Å². The first-order valence-electron chi connectivity index (χ1n) is 6.67. The van der Waals surface area contributed by atoms with Crippen LogP contribution in [-0.4, -0.2) is 19.7 Å². The minimum atomic E-state index is 0.416. The van der Waals surface area contributed by atoms with Gasteiger partial charge in [0.1, 0.15) is 12.4 Å². The van der Waals surface area contributed by atoms with Gasteiger partial charge in [-0.2, -0.15) is 0 Å². The Morgan fingerprint density at radius 1 is 1.17 bits per heavy atom. The summed E-state index contributed by atoms with van der Waals surface area (Å²) in [6, 6.07) is 7.93. The number of likely N-dealkylation sites (N-methyl/N-ethyl adjacent to an activating group) is 1. The molecule has 0 aliphatic carbocycles. The van der Waals surface area contributed by atoms with Crippen molar-refractivity contribution >= 4 is 11.6 Å². The van der Waals surface area contributed by atoms with Gasteiger partial charge in [0.25, 0.3) is 0 Å². The summed E-state index contributed by atoms with van der Waals surface area (Å²) in [5.74, 6) is 1.66. The van der Waals surface area contributed by atoms with E-state index in [2.05, 4.69) is 19.2 Å². The van der Waals surface area contributed by atoms with Gasteiger partial charge in [0.15, 0.2) is 0 Å². The highest BCUT2D eigenvalue weighted by atomic mass is 35.5. The Morgan fingerprint density at radius 3 is 2.39 bits per heavy atom. The molecule has 1 unspecified atom stereocenters. The molecule has 0 fully saturated rings. The van der Waals surface area contributed by atoms with Gasteiger partial charge in [0, 0.05) is 11.1 Å². The molecular weight excluding hydrogens is 246 g/mol. The summed E-state index contributed by atoms with van der Waals surface area (Å²) < 4.78 is 5.75. The van der Waals surface area contributed by atoms with Crippen LogP contribution in [0.5, 0.6) is 5.75 Å². The standard InChI is InChI=1S/C15H24ClNO/c1-12(2)5-4-6-14(17-3)11-18-15-9-7-13(16)8-10-15/h7-10,12,14,17H,4-6,11H2,1-3H3. The Balaban J connectivity index is 2.28. The summed E-state index contributed by atoms with van der Waals surface area (Å²) in [5, 5.41) is 4.05. The fourth-order valence-electron chi connectivity index (χ4n) is 1.81. The summed E-state index contributed by atoms with van der Waals surface area (Å²) in [4.78, 5) is 0. The van der Waals surface area contributed by atoms with Gasteiger partial charge in [-0.3, -0.25) is 0 Å². The first-order valence-corrected chi connectivity index (χ1v) is 7.05. The van der Waals surface area contributed by atoms with Crippen molar-refractivity contribution in [2.45, 2.75) is 39.2 Å². The molecule has 102 valence electrons. The van der Waals surface area contributed by atoms with Crippen LogP contribution in [-0.2, 0) is 0 Å². The van der Waals surface area contributed by atoms with Gasteiger partial charge in [0.2, 0.25) is 0 Å². The molecule has 3 heteroatoms. The molecule has 1 atom stereocenters. The molecular formula is C15H24ClNO. The van der Waals surface area contributed by atoms with E-state index in [4.69, 9.17) is 16.3 Å². The Labute approximate surface area is 116 Å². The predicted molar refractivity (Wildman–Crippen MR) is 78.5 cm³/mol. The van der Waals surface area contributed by atoms with E-state index in [9.17, 15) is 0 Å². The first-order chi connectivity index (χ1) is 8.61. The normalized spacial score (nSPS) is 12.7. The molecule has 0 amide bonds. The van der Waals surface area contributed by atoms with Gasteiger partial charge in [0.05, 0.1) is 0 Å². The molecule has 2 nitrogen and oxygen atoms in total. The number of hydrogen-bond donors (Lipinski definition) is 1. The van der Waals surface area contributed by atoms with Crippen molar-refractivity contribution in [2.75, 3.05) is 13.7 Å². The lowest BCUT2D eigenvalue weighted by molar-refractivity contribution is 0.259. The predicted octanol–water partition coefficient (Wildman–Crippen LogP) is 4.13. The molecule has 18 heavy (non-hydrogen) atoms. The second-order valence-electron chi connectivity index (χ2n) is 5.08. The summed E-state index contributed by atoms with van der Waals surface area (Å²) in [7, 11) is 1.99. The zero-order valence-electron chi connectivity index (χ0n) is 11.6. The zero-order valence-corrected chi connectivity index (χ0v) is 12.3. The number of ether oxygens (including phenoxy) is 1. The molecule has 1 aromatic carbocycles. The average molecular weight is 270 g/mol. The van der Waals surface area contributed by atoms with Crippen molar-refractivity contribution < 1.29 is 4.74 Å². The quantitative estimate of drug-likeness (QED) is 0.766. The maximum atomic E-state index is 5.83. The van der Waals surface area contributed by atoms with Crippen molar-refractivity contribution in [3.63, 3.8) is 0 Å². The highest BCUT2D eigenvalue weighted by molar-refractivity contribution is 6.30. The van der Waals surface area contributed by atoms with E-state index in [0.717, 1.165) is 23.1 Å². The topological polar surface area (TPSA) is 21.3 Å². The largest absolute Gasteiger partial charge is 0.492 e. The first kappa shape index (κ1) is 15.3. The van der Waals surface area contributed by atoms with Gasteiger partial charge >= 0.3 is 0 Å². The summed E-state index contributed by atoms with van der Waals surface area (Å²) in [6.45, 7) is 5.23. The van der Waals surface area contributed by atoms with Crippen LogP contribution in [0.15, 0.2) is 24.3 Å². The third-order valence-electron chi connectivity index (χ3n) is 3.01. The van der Waals surface area contributed by atoms with Crippen molar-refractivity contribution in [2.24, 2.45) is 5.92 Å². The van der Waals surface area contributed by atoms with Crippen LogP contribution in [0.2, 0.25) is 5.02 Å². The molecule has 0 spiro atoms. The van der Waals surface area contributed by atoms with Crippen molar-refractivity contribution in [1.82, 2.24) is 5.32 Å². The number of hydrogen-bond acceptors (Lipinski definition) is 2. The lowest BCUT2D eigenvalue weighted by Crippen LogP contribution is -2.31. The van der Waals surface area contributed by atoms with E-state index in [-0.39, 0.29) is 0 Å².